The van der Waals surface area contributed by atoms with Crippen LogP contribution in [-0.4, -0.2) is 44.2 Å². The first-order valence-electron chi connectivity index (χ1n) is 8.89. The van der Waals surface area contributed by atoms with Crippen molar-refractivity contribution in [1.82, 2.24) is 4.90 Å². The van der Waals surface area contributed by atoms with E-state index < -0.39 is 0 Å². The summed E-state index contributed by atoms with van der Waals surface area (Å²) in [6.07, 6.45) is 3.45. The number of halogens is 1. The van der Waals surface area contributed by atoms with E-state index >= 15 is 0 Å². The van der Waals surface area contributed by atoms with Gasteiger partial charge in [0.2, 0.25) is 0 Å². The zero-order chi connectivity index (χ0) is 18.5. The van der Waals surface area contributed by atoms with Gasteiger partial charge >= 0.3 is 0 Å². The third-order valence-electron chi connectivity index (χ3n) is 4.70. The molecule has 1 atom stereocenters. The van der Waals surface area contributed by atoms with Crippen molar-refractivity contribution < 1.29 is 14.3 Å². The van der Waals surface area contributed by atoms with Gasteiger partial charge in [-0.2, -0.15) is 0 Å². The van der Waals surface area contributed by atoms with Crippen molar-refractivity contribution in [3.8, 4) is 16.9 Å². The number of ether oxygens (including phenoxy) is 2. The van der Waals surface area contributed by atoms with E-state index in [-0.39, 0.29) is 12.0 Å². The number of methoxy groups -OCH3 is 1. The van der Waals surface area contributed by atoms with E-state index in [2.05, 4.69) is 0 Å². The van der Waals surface area contributed by atoms with Crippen LogP contribution in [0, 0.1) is 0 Å². The maximum absolute atomic E-state index is 12.7. The van der Waals surface area contributed by atoms with E-state index in [4.69, 9.17) is 21.1 Å². The minimum absolute atomic E-state index is 0.00350. The SMILES string of the molecule is COc1ccc(Cl)cc1-c1ccc(C(=O)N(C)C[C@H]2CCCCO2)cc1. The highest BCUT2D eigenvalue weighted by molar-refractivity contribution is 6.31. The highest BCUT2D eigenvalue weighted by atomic mass is 35.5. The van der Waals surface area contributed by atoms with Crippen molar-refractivity contribution in [1.29, 1.82) is 0 Å². The molecular formula is C21H24ClNO3. The summed E-state index contributed by atoms with van der Waals surface area (Å²) >= 11 is 6.11. The summed E-state index contributed by atoms with van der Waals surface area (Å²) in [6.45, 7) is 1.42. The molecule has 0 aliphatic carbocycles. The molecule has 1 fully saturated rings. The molecule has 0 saturated carbocycles. The largest absolute Gasteiger partial charge is 0.496 e. The van der Waals surface area contributed by atoms with E-state index in [1.165, 1.54) is 6.42 Å². The van der Waals surface area contributed by atoms with Crippen LogP contribution in [-0.2, 0) is 4.74 Å². The van der Waals surface area contributed by atoms with Gasteiger partial charge in [-0.05, 0) is 55.2 Å². The Bertz CT molecular complexity index is 754. The van der Waals surface area contributed by atoms with Crippen LogP contribution in [0.3, 0.4) is 0 Å². The maximum Gasteiger partial charge on any atom is 0.253 e. The Morgan fingerprint density at radius 2 is 2.00 bits per heavy atom. The first kappa shape index (κ1) is 18.7. The number of nitrogens with zero attached hydrogens (tertiary/aromatic N) is 1. The van der Waals surface area contributed by atoms with Gasteiger partial charge in [-0.1, -0.05) is 23.7 Å². The number of amides is 1. The Balaban J connectivity index is 1.72. The number of carbonyl (C=O) groups excluding carboxylic acids is 1. The topological polar surface area (TPSA) is 38.8 Å². The smallest absolute Gasteiger partial charge is 0.253 e. The Labute approximate surface area is 159 Å². The van der Waals surface area contributed by atoms with Crippen LogP contribution in [0.4, 0.5) is 0 Å². The van der Waals surface area contributed by atoms with Gasteiger partial charge in [0.05, 0.1) is 13.2 Å². The second kappa shape index (κ2) is 8.56. The Hall–Kier alpha value is -2.04. The average Bonchev–Trinajstić information content (AvgIpc) is 2.68. The van der Waals surface area contributed by atoms with Crippen molar-refractivity contribution >= 4 is 17.5 Å². The van der Waals surface area contributed by atoms with E-state index in [1.54, 1.807) is 18.1 Å². The molecule has 1 saturated heterocycles. The zero-order valence-electron chi connectivity index (χ0n) is 15.2. The van der Waals surface area contributed by atoms with Crippen LogP contribution in [0.15, 0.2) is 42.5 Å². The van der Waals surface area contributed by atoms with Crippen molar-refractivity contribution in [2.75, 3.05) is 27.3 Å². The maximum atomic E-state index is 12.7. The van der Waals surface area contributed by atoms with Gasteiger partial charge < -0.3 is 14.4 Å². The average molecular weight is 374 g/mol. The summed E-state index contributed by atoms with van der Waals surface area (Å²) in [5.74, 6) is 0.754. The fourth-order valence-corrected chi connectivity index (χ4v) is 3.43. The fraction of sp³-hybridized carbons (Fsp3) is 0.381. The third kappa shape index (κ3) is 4.37. The standard InChI is InChI=1S/C21H24ClNO3/c1-23(14-18-5-3-4-12-26-18)21(24)16-8-6-15(7-9-16)19-13-17(22)10-11-20(19)25-2/h6-11,13,18H,3-5,12,14H2,1-2H3/t18-/m1/s1. The number of rotatable bonds is 5. The van der Waals surface area contributed by atoms with Crippen molar-refractivity contribution in [2.24, 2.45) is 0 Å². The molecule has 1 heterocycles. The van der Waals surface area contributed by atoms with Crippen LogP contribution in [0.1, 0.15) is 29.6 Å². The van der Waals surface area contributed by atoms with E-state index in [0.717, 1.165) is 36.3 Å². The zero-order valence-corrected chi connectivity index (χ0v) is 16.0. The van der Waals surface area contributed by atoms with E-state index in [1.807, 2.05) is 43.4 Å². The molecule has 0 aromatic heterocycles. The van der Waals surface area contributed by atoms with Crippen molar-refractivity contribution in [3.63, 3.8) is 0 Å². The Morgan fingerprint density at radius 1 is 1.23 bits per heavy atom. The van der Waals surface area contributed by atoms with Gasteiger partial charge in [-0.25, -0.2) is 0 Å². The molecule has 2 aromatic carbocycles. The molecule has 1 amide bonds. The van der Waals surface area contributed by atoms with Gasteiger partial charge in [-0.3, -0.25) is 4.79 Å². The minimum atomic E-state index is 0.00350. The van der Waals surface area contributed by atoms with E-state index in [9.17, 15) is 4.79 Å². The molecule has 5 heteroatoms. The number of benzene rings is 2. The van der Waals surface area contributed by atoms with Gasteiger partial charge in [0.25, 0.3) is 5.91 Å². The number of carbonyl (C=O) groups is 1. The molecular weight excluding hydrogens is 350 g/mol. The molecule has 4 nitrogen and oxygen atoms in total. The van der Waals surface area contributed by atoms with E-state index in [0.29, 0.717) is 17.1 Å². The molecule has 1 aliphatic rings. The summed E-state index contributed by atoms with van der Waals surface area (Å²) in [7, 11) is 3.46. The van der Waals surface area contributed by atoms with Crippen LogP contribution in [0.2, 0.25) is 5.02 Å². The molecule has 0 bridgehead atoms. The van der Waals surface area contributed by atoms with Gasteiger partial charge in [0.1, 0.15) is 5.75 Å². The number of hydrogen-bond donors (Lipinski definition) is 0. The van der Waals surface area contributed by atoms with Crippen LogP contribution in [0.5, 0.6) is 5.75 Å². The quantitative estimate of drug-likeness (QED) is 0.765. The predicted molar refractivity (Wildman–Crippen MR) is 104 cm³/mol. The lowest BCUT2D eigenvalue weighted by atomic mass is 10.0. The summed E-state index contributed by atoms with van der Waals surface area (Å²) in [5.41, 5.74) is 2.52. The molecule has 0 N–H and O–H groups in total. The molecule has 2 aromatic rings. The van der Waals surface area contributed by atoms with Gasteiger partial charge in [0, 0.05) is 36.3 Å². The molecule has 138 valence electrons. The van der Waals surface area contributed by atoms with Gasteiger partial charge in [-0.15, -0.1) is 0 Å². The lowest BCUT2D eigenvalue weighted by Gasteiger charge is -2.27. The van der Waals surface area contributed by atoms with Crippen molar-refractivity contribution in [2.45, 2.75) is 25.4 Å². The normalized spacial score (nSPS) is 17.0. The highest BCUT2D eigenvalue weighted by Gasteiger charge is 2.20. The molecule has 1 aliphatic heterocycles. The van der Waals surface area contributed by atoms with Crippen LogP contribution < -0.4 is 4.74 Å². The summed E-state index contributed by atoms with van der Waals surface area (Å²) in [4.78, 5) is 14.4. The molecule has 0 unspecified atom stereocenters. The highest BCUT2D eigenvalue weighted by Crippen LogP contribution is 2.32. The lowest BCUT2D eigenvalue weighted by molar-refractivity contribution is -0.000186. The first-order valence-corrected chi connectivity index (χ1v) is 9.27. The summed E-state index contributed by atoms with van der Waals surface area (Å²) in [6, 6.07) is 13.0. The molecule has 3 rings (SSSR count). The fourth-order valence-electron chi connectivity index (χ4n) is 3.26. The number of hydrogen-bond acceptors (Lipinski definition) is 3. The second-order valence-corrected chi connectivity index (χ2v) is 7.03. The Kier molecular flexibility index (Phi) is 6.17. The summed E-state index contributed by atoms with van der Waals surface area (Å²) < 4.78 is 11.1. The minimum Gasteiger partial charge on any atom is -0.496 e. The summed E-state index contributed by atoms with van der Waals surface area (Å²) in [5, 5.41) is 0.646. The molecule has 26 heavy (non-hydrogen) atoms. The monoisotopic (exact) mass is 373 g/mol. The molecule has 0 spiro atoms. The van der Waals surface area contributed by atoms with Crippen molar-refractivity contribution in [3.05, 3.63) is 53.1 Å². The lowest BCUT2D eigenvalue weighted by Crippen LogP contribution is -2.37. The van der Waals surface area contributed by atoms with Crippen LogP contribution >= 0.6 is 11.6 Å². The number of likely N-dealkylation sites (N-methyl/N-ethyl adjacent to an activating group) is 1. The molecule has 0 radical (unpaired) electrons. The Morgan fingerprint density at radius 3 is 2.65 bits per heavy atom. The predicted octanol–water partition coefficient (Wildman–Crippen LogP) is 4.66. The second-order valence-electron chi connectivity index (χ2n) is 6.60. The van der Waals surface area contributed by atoms with Gasteiger partial charge in [0.15, 0.2) is 0 Å². The third-order valence-corrected chi connectivity index (χ3v) is 4.94. The van der Waals surface area contributed by atoms with Crippen LogP contribution in [0.25, 0.3) is 11.1 Å². The first-order chi connectivity index (χ1) is 12.6.